The Morgan fingerprint density at radius 3 is 2.55 bits per heavy atom. The van der Waals surface area contributed by atoms with Gasteiger partial charge < -0.3 is 14.0 Å². The Hall–Kier alpha value is -2.89. The van der Waals surface area contributed by atoms with Crippen molar-refractivity contribution in [1.82, 2.24) is 14.5 Å². The van der Waals surface area contributed by atoms with Crippen LogP contribution in [0.5, 0.6) is 11.5 Å². The van der Waals surface area contributed by atoms with Crippen molar-refractivity contribution in [2.24, 2.45) is 7.05 Å². The van der Waals surface area contributed by atoms with Crippen LogP contribution in [0.4, 0.5) is 0 Å². The fourth-order valence-electron chi connectivity index (χ4n) is 2.26. The van der Waals surface area contributed by atoms with Gasteiger partial charge in [0.05, 0.1) is 37.1 Å². The van der Waals surface area contributed by atoms with E-state index in [-0.39, 0.29) is 5.56 Å². The highest BCUT2D eigenvalue weighted by Crippen LogP contribution is 2.31. The predicted octanol–water partition coefficient (Wildman–Crippen LogP) is 2.01. The third-order valence-corrected chi connectivity index (χ3v) is 3.48. The first kappa shape index (κ1) is 14.1. The molecule has 0 aliphatic heterocycles. The molecule has 0 atom stereocenters. The number of hydrogen-bond acceptors (Lipinski definition) is 5. The van der Waals surface area contributed by atoms with E-state index < -0.39 is 0 Å². The summed E-state index contributed by atoms with van der Waals surface area (Å²) in [5, 5.41) is 0.495. The number of ether oxygens (including phenoxy) is 2. The lowest BCUT2D eigenvalue weighted by molar-refractivity contribution is 0.355. The number of rotatable bonds is 3. The van der Waals surface area contributed by atoms with Gasteiger partial charge >= 0.3 is 0 Å². The summed E-state index contributed by atoms with van der Waals surface area (Å²) in [4.78, 5) is 20.6. The summed E-state index contributed by atoms with van der Waals surface area (Å²) in [6.07, 6.45) is 3.06. The van der Waals surface area contributed by atoms with Crippen LogP contribution in [0.15, 0.2) is 41.6 Å². The average Bonchev–Trinajstić information content (AvgIpc) is 2.57. The number of fused-ring (bicyclic) bond motifs is 1. The first-order valence-electron chi connectivity index (χ1n) is 6.68. The third kappa shape index (κ3) is 2.28. The minimum absolute atomic E-state index is 0.114. The van der Waals surface area contributed by atoms with Gasteiger partial charge in [0.1, 0.15) is 0 Å². The molecule has 3 rings (SSSR count). The summed E-state index contributed by atoms with van der Waals surface area (Å²) in [5.74, 6) is 1.28. The monoisotopic (exact) mass is 297 g/mol. The molecule has 3 aromatic rings. The van der Waals surface area contributed by atoms with Crippen molar-refractivity contribution in [3.63, 3.8) is 0 Å². The molecule has 112 valence electrons. The zero-order valence-electron chi connectivity index (χ0n) is 12.5. The van der Waals surface area contributed by atoms with Gasteiger partial charge in [0, 0.05) is 18.8 Å². The maximum Gasteiger partial charge on any atom is 0.262 e. The van der Waals surface area contributed by atoms with Crippen LogP contribution in [-0.2, 0) is 7.05 Å². The summed E-state index contributed by atoms with van der Waals surface area (Å²) in [7, 11) is 4.84. The Labute approximate surface area is 127 Å². The highest BCUT2D eigenvalue weighted by atomic mass is 16.5. The molecule has 22 heavy (non-hydrogen) atoms. The zero-order chi connectivity index (χ0) is 15.7. The van der Waals surface area contributed by atoms with E-state index in [1.165, 1.54) is 10.9 Å². The van der Waals surface area contributed by atoms with E-state index in [0.29, 0.717) is 28.1 Å². The molecule has 2 heterocycles. The van der Waals surface area contributed by atoms with Crippen molar-refractivity contribution in [1.29, 1.82) is 0 Å². The van der Waals surface area contributed by atoms with Crippen LogP contribution in [0, 0.1) is 0 Å². The van der Waals surface area contributed by atoms with Crippen molar-refractivity contribution < 1.29 is 9.47 Å². The minimum atomic E-state index is -0.114. The van der Waals surface area contributed by atoms with Crippen LogP contribution in [0.2, 0.25) is 0 Å². The normalized spacial score (nSPS) is 10.7. The van der Waals surface area contributed by atoms with Crippen LogP contribution < -0.4 is 15.0 Å². The molecule has 0 bridgehead atoms. The maximum absolute atomic E-state index is 12.0. The second kappa shape index (κ2) is 5.48. The maximum atomic E-state index is 12.0. The van der Waals surface area contributed by atoms with Crippen LogP contribution in [0.3, 0.4) is 0 Å². The summed E-state index contributed by atoms with van der Waals surface area (Å²) in [5.41, 5.74) is 2.08. The molecule has 0 radical (unpaired) electrons. The summed E-state index contributed by atoms with van der Waals surface area (Å²) >= 11 is 0. The van der Waals surface area contributed by atoms with E-state index >= 15 is 0 Å². The highest BCUT2D eigenvalue weighted by molar-refractivity contribution is 5.81. The van der Waals surface area contributed by atoms with Crippen LogP contribution in [-0.4, -0.2) is 28.8 Å². The van der Waals surface area contributed by atoms with Gasteiger partial charge in [-0.15, -0.1) is 0 Å². The van der Waals surface area contributed by atoms with E-state index in [4.69, 9.17) is 9.47 Å². The summed E-state index contributed by atoms with van der Waals surface area (Å²) in [6, 6.07) is 7.33. The van der Waals surface area contributed by atoms with Crippen LogP contribution >= 0.6 is 0 Å². The standard InChI is InChI=1S/C16H15N3O3/c1-19-9-18-13-7-12(17-8-11(13)16(19)20)10-4-5-14(21-2)15(6-10)22-3/h4-9H,1-3H3. The van der Waals surface area contributed by atoms with Gasteiger partial charge in [-0.2, -0.15) is 0 Å². The second-order valence-electron chi connectivity index (χ2n) is 4.82. The van der Waals surface area contributed by atoms with Gasteiger partial charge in [-0.25, -0.2) is 4.98 Å². The number of aromatic nitrogens is 3. The van der Waals surface area contributed by atoms with Crippen LogP contribution in [0.1, 0.15) is 0 Å². The molecule has 0 aliphatic carbocycles. The van der Waals surface area contributed by atoms with E-state index in [1.54, 1.807) is 33.5 Å². The molecule has 0 N–H and O–H groups in total. The first-order valence-corrected chi connectivity index (χ1v) is 6.68. The van der Waals surface area contributed by atoms with Crippen molar-refractivity contribution in [2.75, 3.05) is 14.2 Å². The average molecular weight is 297 g/mol. The summed E-state index contributed by atoms with van der Waals surface area (Å²) in [6.45, 7) is 0. The van der Waals surface area contributed by atoms with Gasteiger partial charge in [-0.1, -0.05) is 0 Å². The molecule has 0 saturated carbocycles. The van der Waals surface area contributed by atoms with E-state index in [2.05, 4.69) is 9.97 Å². The number of benzene rings is 1. The third-order valence-electron chi connectivity index (χ3n) is 3.48. The highest BCUT2D eigenvalue weighted by Gasteiger charge is 2.09. The molecule has 0 aliphatic rings. The predicted molar refractivity (Wildman–Crippen MR) is 83.3 cm³/mol. The van der Waals surface area contributed by atoms with Gasteiger partial charge in [-0.05, 0) is 24.3 Å². The Kier molecular flexibility index (Phi) is 3.50. The fourth-order valence-corrected chi connectivity index (χ4v) is 2.26. The van der Waals surface area contributed by atoms with Gasteiger partial charge in [0.2, 0.25) is 0 Å². The molecule has 6 heteroatoms. The van der Waals surface area contributed by atoms with E-state index in [9.17, 15) is 4.79 Å². The SMILES string of the molecule is COc1ccc(-c2cc3ncn(C)c(=O)c3cn2)cc1OC. The van der Waals surface area contributed by atoms with Gasteiger partial charge in [0.25, 0.3) is 5.56 Å². The molecule has 0 spiro atoms. The molecule has 0 fully saturated rings. The number of hydrogen-bond donors (Lipinski definition) is 0. The lowest BCUT2D eigenvalue weighted by Gasteiger charge is -2.09. The number of aryl methyl sites for hydroxylation is 1. The number of pyridine rings is 1. The Morgan fingerprint density at radius 2 is 1.82 bits per heavy atom. The van der Waals surface area contributed by atoms with Crippen molar-refractivity contribution in [3.05, 3.63) is 47.1 Å². The number of nitrogens with zero attached hydrogens (tertiary/aromatic N) is 3. The van der Waals surface area contributed by atoms with E-state index in [1.807, 2.05) is 18.2 Å². The van der Waals surface area contributed by atoms with E-state index in [0.717, 1.165) is 5.56 Å². The molecule has 0 amide bonds. The molecular weight excluding hydrogens is 282 g/mol. The van der Waals surface area contributed by atoms with Crippen molar-refractivity contribution >= 4 is 10.9 Å². The van der Waals surface area contributed by atoms with Gasteiger partial charge in [-0.3, -0.25) is 9.78 Å². The molecule has 6 nitrogen and oxygen atoms in total. The lowest BCUT2D eigenvalue weighted by Crippen LogP contribution is -2.17. The lowest BCUT2D eigenvalue weighted by atomic mass is 10.1. The molecule has 0 saturated heterocycles. The minimum Gasteiger partial charge on any atom is -0.493 e. The first-order chi connectivity index (χ1) is 10.6. The molecule has 0 unspecified atom stereocenters. The topological polar surface area (TPSA) is 66.2 Å². The zero-order valence-corrected chi connectivity index (χ0v) is 12.5. The Balaban J connectivity index is 2.15. The number of methoxy groups -OCH3 is 2. The van der Waals surface area contributed by atoms with Crippen LogP contribution in [0.25, 0.3) is 22.2 Å². The Morgan fingerprint density at radius 1 is 1.05 bits per heavy atom. The Bertz CT molecular complexity index is 903. The fraction of sp³-hybridized carbons (Fsp3) is 0.188. The molecular formula is C16H15N3O3. The van der Waals surface area contributed by atoms with Gasteiger partial charge in [0.15, 0.2) is 11.5 Å². The molecule has 2 aromatic heterocycles. The second-order valence-corrected chi connectivity index (χ2v) is 4.82. The largest absolute Gasteiger partial charge is 0.493 e. The molecule has 1 aromatic carbocycles. The van der Waals surface area contributed by atoms with Crippen molar-refractivity contribution in [3.8, 4) is 22.8 Å². The van der Waals surface area contributed by atoms with Crippen molar-refractivity contribution in [2.45, 2.75) is 0 Å². The quantitative estimate of drug-likeness (QED) is 0.740. The summed E-state index contributed by atoms with van der Waals surface area (Å²) < 4.78 is 12.0. The smallest absolute Gasteiger partial charge is 0.262 e.